The molecule has 0 bridgehead atoms. The maximum atomic E-state index is 11.5. The first kappa shape index (κ1) is 23.5. The van der Waals surface area contributed by atoms with Crippen molar-refractivity contribution in [2.45, 2.75) is 39.1 Å². The van der Waals surface area contributed by atoms with Gasteiger partial charge in [0.1, 0.15) is 42.3 Å². The average molecular weight is 481 g/mol. The Bertz CT molecular complexity index is 1320. The van der Waals surface area contributed by atoms with Crippen LogP contribution in [0.1, 0.15) is 41.7 Å². The van der Waals surface area contributed by atoms with Gasteiger partial charge in [-0.25, -0.2) is 0 Å². The number of carbonyl (C=O) groups excluding carboxylic acids is 1. The van der Waals surface area contributed by atoms with Crippen LogP contribution in [0.5, 0.6) is 23.0 Å². The fourth-order valence-corrected chi connectivity index (χ4v) is 4.27. The molecule has 0 fully saturated rings. The van der Waals surface area contributed by atoms with Crippen molar-refractivity contribution in [2.24, 2.45) is 0 Å². The number of rotatable bonds is 8. The van der Waals surface area contributed by atoms with Crippen LogP contribution in [0, 0.1) is 0 Å². The number of hydrogen-bond acceptors (Lipinski definition) is 5. The zero-order valence-electron chi connectivity index (χ0n) is 20.2. The van der Waals surface area contributed by atoms with E-state index in [0.717, 1.165) is 46.6 Å². The molecular formula is C31H28O5. The molecule has 5 nitrogen and oxygen atoms in total. The van der Waals surface area contributed by atoms with E-state index in [2.05, 4.69) is 6.07 Å². The first-order chi connectivity index (χ1) is 17.6. The lowest BCUT2D eigenvalue weighted by Gasteiger charge is -2.28. The van der Waals surface area contributed by atoms with E-state index >= 15 is 0 Å². The second kappa shape index (κ2) is 11.0. The minimum Gasteiger partial charge on any atom is -0.489 e. The number of benzene rings is 4. The van der Waals surface area contributed by atoms with Crippen LogP contribution in [0.4, 0.5) is 0 Å². The van der Waals surface area contributed by atoms with Crippen molar-refractivity contribution in [3.63, 3.8) is 0 Å². The summed E-state index contributed by atoms with van der Waals surface area (Å²) in [4.78, 5) is 11.5. The van der Waals surface area contributed by atoms with Gasteiger partial charge in [0, 0.05) is 24.6 Å². The van der Waals surface area contributed by atoms with Gasteiger partial charge in [-0.2, -0.15) is 0 Å². The van der Waals surface area contributed by atoms with E-state index in [-0.39, 0.29) is 12.1 Å². The molecule has 5 heteroatoms. The van der Waals surface area contributed by atoms with Crippen molar-refractivity contribution < 1.29 is 23.7 Å². The van der Waals surface area contributed by atoms with Gasteiger partial charge in [0.2, 0.25) is 0 Å². The van der Waals surface area contributed by atoms with Crippen LogP contribution in [-0.4, -0.2) is 5.97 Å². The van der Waals surface area contributed by atoms with E-state index in [1.165, 1.54) is 6.92 Å². The van der Waals surface area contributed by atoms with Gasteiger partial charge < -0.3 is 18.9 Å². The molecule has 0 N–H and O–H groups in total. The maximum absolute atomic E-state index is 11.5. The third-order valence-corrected chi connectivity index (χ3v) is 6.06. The molecule has 0 saturated carbocycles. The van der Waals surface area contributed by atoms with E-state index < -0.39 is 0 Å². The summed E-state index contributed by atoms with van der Waals surface area (Å²) in [5, 5.41) is 0. The topological polar surface area (TPSA) is 54.0 Å². The molecule has 4 aromatic carbocycles. The highest BCUT2D eigenvalue weighted by Crippen LogP contribution is 2.41. The Balaban J connectivity index is 1.35. The molecule has 0 aromatic heterocycles. The Morgan fingerprint density at radius 2 is 1.47 bits per heavy atom. The van der Waals surface area contributed by atoms with Gasteiger partial charge in [0.25, 0.3) is 0 Å². The number of hydrogen-bond donors (Lipinski definition) is 0. The van der Waals surface area contributed by atoms with E-state index in [9.17, 15) is 4.79 Å². The van der Waals surface area contributed by atoms with Crippen LogP contribution < -0.4 is 18.9 Å². The van der Waals surface area contributed by atoms with Gasteiger partial charge in [0.05, 0.1) is 0 Å². The van der Waals surface area contributed by atoms with Gasteiger partial charge in [0.15, 0.2) is 0 Å². The third kappa shape index (κ3) is 5.87. The first-order valence-corrected chi connectivity index (χ1v) is 12.1. The summed E-state index contributed by atoms with van der Waals surface area (Å²) >= 11 is 0. The average Bonchev–Trinajstić information content (AvgIpc) is 2.91. The standard InChI is InChI=1S/C31H28O5/c1-22(32)35-27-15-16-28(31(19-27)34-21-24-10-6-3-7-11-24)29-17-13-25-12-14-26(18-30(25)36-29)33-20-23-8-4-2-5-9-23/h2-12,14-16,18-19,29H,13,17,20-21H2,1H3. The Morgan fingerprint density at radius 1 is 0.806 bits per heavy atom. The Labute approximate surface area is 211 Å². The molecule has 0 amide bonds. The lowest BCUT2D eigenvalue weighted by atomic mass is 9.96. The van der Waals surface area contributed by atoms with Crippen molar-refractivity contribution in [2.75, 3.05) is 0 Å². The molecule has 0 spiro atoms. The van der Waals surface area contributed by atoms with Crippen molar-refractivity contribution in [3.8, 4) is 23.0 Å². The monoisotopic (exact) mass is 480 g/mol. The highest BCUT2D eigenvalue weighted by Gasteiger charge is 2.25. The first-order valence-electron chi connectivity index (χ1n) is 12.1. The number of ether oxygens (including phenoxy) is 4. The molecule has 1 heterocycles. The summed E-state index contributed by atoms with van der Waals surface area (Å²) in [5.41, 5.74) is 4.24. The van der Waals surface area contributed by atoms with E-state index in [4.69, 9.17) is 18.9 Å². The zero-order chi connectivity index (χ0) is 24.7. The molecule has 0 saturated heterocycles. The van der Waals surface area contributed by atoms with Gasteiger partial charge in [-0.3, -0.25) is 4.79 Å². The quantitative estimate of drug-likeness (QED) is 0.204. The smallest absolute Gasteiger partial charge is 0.308 e. The number of carbonyl (C=O) groups is 1. The van der Waals surface area contributed by atoms with Crippen LogP contribution in [0.25, 0.3) is 0 Å². The molecule has 0 aliphatic carbocycles. The highest BCUT2D eigenvalue weighted by atomic mass is 16.5. The van der Waals surface area contributed by atoms with Crippen molar-refractivity contribution in [1.29, 1.82) is 0 Å². The minimum atomic E-state index is -0.373. The second-order valence-electron chi connectivity index (χ2n) is 8.76. The zero-order valence-corrected chi connectivity index (χ0v) is 20.2. The molecule has 1 atom stereocenters. The number of esters is 1. The summed E-state index contributed by atoms with van der Waals surface area (Å²) in [6.45, 7) is 2.29. The highest BCUT2D eigenvalue weighted by molar-refractivity contribution is 5.69. The molecule has 182 valence electrons. The van der Waals surface area contributed by atoms with E-state index in [0.29, 0.717) is 24.7 Å². The largest absolute Gasteiger partial charge is 0.489 e. The lowest BCUT2D eigenvalue weighted by Crippen LogP contribution is -2.16. The number of aryl methyl sites for hydroxylation is 1. The SMILES string of the molecule is CC(=O)Oc1ccc(C2CCc3ccc(OCc4ccccc4)cc3O2)c(OCc2ccccc2)c1. The molecule has 36 heavy (non-hydrogen) atoms. The molecule has 1 aliphatic rings. The minimum absolute atomic E-state index is 0.195. The summed E-state index contributed by atoms with van der Waals surface area (Å²) in [7, 11) is 0. The second-order valence-corrected chi connectivity index (χ2v) is 8.76. The molecular weight excluding hydrogens is 452 g/mol. The predicted octanol–water partition coefficient (Wildman–Crippen LogP) is 6.84. The Kier molecular flexibility index (Phi) is 7.17. The van der Waals surface area contributed by atoms with Crippen molar-refractivity contribution in [1.82, 2.24) is 0 Å². The van der Waals surface area contributed by atoms with Crippen LogP contribution in [0.15, 0.2) is 97.1 Å². The van der Waals surface area contributed by atoms with Gasteiger partial charge in [-0.15, -0.1) is 0 Å². The predicted molar refractivity (Wildman–Crippen MR) is 137 cm³/mol. The fourth-order valence-electron chi connectivity index (χ4n) is 4.27. The van der Waals surface area contributed by atoms with Gasteiger partial charge >= 0.3 is 5.97 Å². The van der Waals surface area contributed by atoms with Crippen LogP contribution >= 0.6 is 0 Å². The van der Waals surface area contributed by atoms with Crippen LogP contribution in [0.2, 0.25) is 0 Å². The maximum Gasteiger partial charge on any atom is 0.308 e. The molecule has 1 unspecified atom stereocenters. The fraction of sp³-hybridized carbons (Fsp3) is 0.194. The summed E-state index contributed by atoms with van der Waals surface area (Å²) in [5.74, 6) is 2.30. The van der Waals surface area contributed by atoms with E-state index in [1.807, 2.05) is 78.9 Å². The molecule has 5 rings (SSSR count). The molecule has 1 aliphatic heterocycles. The van der Waals surface area contributed by atoms with Crippen LogP contribution in [-0.2, 0) is 24.4 Å². The normalized spacial score (nSPS) is 14.3. The van der Waals surface area contributed by atoms with E-state index in [1.54, 1.807) is 12.1 Å². The summed E-state index contributed by atoms with van der Waals surface area (Å²) < 4.78 is 24.0. The summed E-state index contributed by atoms with van der Waals surface area (Å²) in [6, 6.07) is 31.5. The Morgan fingerprint density at radius 3 is 2.17 bits per heavy atom. The van der Waals surface area contributed by atoms with Gasteiger partial charge in [-0.1, -0.05) is 66.7 Å². The Hall–Kier alpha value is -4.25. The molecule has 4 aromatic rings. The van der Waals surface area contributed by atoms with Crippen molar-refractivity contribution >= 4 is 5.97 Å². The third-order valence-electron chi connectivity index (χ3n) is 6.06. The number of fused-ring (bicyclic) bond motifs is 1. The van der Waals surface area contributed by atoms with Crippen molar-refractivity contribution in [3.05, 3.63) is 119 Å². The molecule has 0 radical (unpaired) electrons. The van der Waals surface area contributed by atoms with Crippen LogP contribution in [0.3, 0.4) is 0 Å². The summed E-state index contributed by atoms with van der Waals surface area (Å²) in [6.07, 6.45) is 1.49. The van der Waals surface area contributed by atoms with Gasteiger partial charge in [-0.05, 0) is 47.7 Å². The lowest BCUT2D eigenvalue weighted by molar-refractivity contribution is -0.131.